The van der Waals surface area contributed by atoms with Crippen molar-refractivity contribution in [3.05, 3.63) is 56.7 Å². The number of hydrogen-bond donors (Lipinski definition) is 1. The van der Waals surface area contributed by atoms with Crippen LogP contribution < -0.4 is 5.32 Å². The van der Waals surface area contributed by atoms with E-state index >= 15 is 0 Å². The summed E-state index contributed by atoms with van der Waals surface area (Å²) < 4.78 is 1.13. The van der Waals surface area contributed by atoms with Gasteiger partial charge in [0, 0.05) is 21.8 Å². The van der Waals surface area contributed by atoms with Crippen molar-refractivity contribution in [1.29, 1.82) is 0 Å². The van der Waals surface area contributed by atoms with Crippen molar-refractivity contribution in [1.82, 2.24) is 5.32 Å². The average Bonchev–Trinajstić information content (AvgIpc) is 2.80. The molecule has 1 nitrogen and oxygen atoms in total. The van der Waals surface area contributed by atoms with Gasteiger partial charge in [0.15, 0.2) is 0 Å². The van der Waals surface area contributed by atoms with E-state index in [0.717, 1.165) is 10.9 Å². The summed E-state index contributed by atoms with van der Waals surface area (Å²) in [4.78, 5) is 1.42. The van der Waals surface area contributed by atoms with Crippen LogP contribution in [0.15, 0.2) is 46.3 Å². The van der Waals surface area contributed by atoms with Gasteiger partial charge in [-0.05, 0) is 36.2 Å². The van der Waals surface area contributed by atoms with Crippen molar-refractivity contribution in [2.75, 3.05) is 7.05 Å². The Morgan fingerprint density at radius 2 is 2.00 bits per heavy atom. The second-order valence-corrected chi connectivity index (χ2v) is 5.62. The lowest BCUT2D eigenvalue weighted by Crippen LogP contribution is -2.18. The Hall–Kier alpha value is -0.640. The normalized spacial score (nSPS) is 12.6. The van der Waals surface area contributed by atoms with Gasteiger partial charge in [-0.1, -0.05) is 34.1 Å². The third-order valence-electron chi connectivity index (χ3n) is 2.61. The van der Waals surface area contributed by atoms with Crippen LogP contribution in [-0.2, 0) is 6.42 Å². The average molecular weight is 296 g/mol. The number of benzene rings is 1. The quantitative estimate of drug-likeness (QED) is 0.898. The molecule has 0 fully saturated rings. The third kappa shape index (κ3) is 2.94. The van der Waals surface area contributed by atoms with Gasteiger partial charge >= 0.3 is 0 Å². The van der Waals surface area contributed by atoms with E-state index in [1.54, 1.807) is 0 Å². The first kappa shape index (κ1) is 11.8. The number of halogens is 1. The zero-order valence-electron chi connectivity index (χ0n) is 9.11. The van der Waals surface area contributed by atoms with Crippen LogP contribution in [0.3, 0.4) is 0 Å². The van der Waals surface area contributed by atoms with Crippen molar-refractivity contribution in [2.45, 2.75) is 12.5 Å². The Kier molecular flexibility index (Phi) is 4.16. The van der Waals surface area contributed by atoms with Gasteiger partial charge in [-0.15, -0.1) is 11.3 Å². The zero-order chi connectivity index (χ0) is 11.4. The summed E-state index contributed by atoms with van der Waals surface area (Å²) in [5.41, 5.74) is 1.33. The number of rotatable bonds is 4. The van der Waals surface area contributed by atoms with Crippen molar-refractivity contribution < 1.29 is 0 Å². The molecule has 1 atom stereocenters. The van der Waals surface area contributed by atoms with E-state index in [2.05, 4.69) is 63.0 Å². The Balaban J connectivity index is 2.13. The molecule has 0 aliphatic carbocycles. The predicted molar refractivity (Wildman–Crippen MR) is 74.0 cm³/mol. The predicted octanol–water partition coefficient (Wildman–Crippen LogP) is 4.01. The summed E-state index contributed by atoms with van der Waals surface area (Å²) in [6.07, 6.45) is 1.05. The second-order valence-electron chi connectivity index (χ2n) is 3.68. The van der Waals surface area contributed by atoms with Gasteiger partial charge in [0.1, 0.15) is 0 Å². The van der Waals surface area contributed by atoms with E-state index in [1.807, 2.05) is 18.4 Å². The third-order valence-corrected chi connectivity index (χ3v) is 4.03. The van der Waals surface area contributed by atoms with Crippen LogP contribution in [0.25, 0.3) is 0 Å². The van der Waals surface area contributed by atoms with E-state index in [9.17, 15) is 0 Å². The Bertz CT molecular complexity index is 422. The molecule has 0 aliphatic rings. The van der Waals surface area contributed by atoms with Gasteiger partial charge in [-0.3, -0.25) is 0 Å². The van der Waals surface area contributed by atoms with Crippen LogP contribution in [0.5, 0.6) is 0 Å². The molecule has 0 spiro atoms. The maximum atomic E-state index is 3.46. The fourth-order valence-corrected chi connectivity index (χ4v) is 2.73. The van der Waals surface area contributed by atoms with Crippen LogP contribution in [0, 0.1) is 0 Å². The van der Waals surface area contributed by atoms with Crippen molar-refractivity contribution >= 4 is 27.3 Å². The van der Waals surface area contributed by atoms with Gasteiger partial charge in [0.25, 0.3) is 0 Å². The summed E-state index contributed by atoms with van der Waals surface area (Å²) in [6, 6.07) is 13.2. The van der Waals surface area contributed by atoms with E-state index in [0.29, 0.717) is 6.04 Å². The fourth-order valence-electron chi connectivity index (χ4n) is 1.71. The number of likely N-dealkylation sites (N-methyl/N-ethyl adjacent to an activating group) is 1. The van der Waals surface area contributed by atoms with Crippen LogP contribution >= 0.6 is 27.3 Å². The molecule has 2 rings (SSSR count). The Morgan fingerprint density at radius 3 is 2.56 bits per heavy atom. The maximum absolute atomic E-state index is 3.46. The molecule has 0 amide bonds. The first-order valence-corrected chi connectivity index (χ1v) is 6.92. The maximum Gasteiger partial charge on any atom is 0.0366 e. The number of thiophene rings is 1. The molecule has 16 heavy (non-hydrogen) atoms. The lowest BCUT2D eigenvalue weighted by atomic mass is 10.0. The summed E-state index contributed by atoms with van der Waals surface area (Å²) in [5, 5.41) is 5.50. The summed E-state index contributed by atoms with van der Waals surface area (Å²) in [7, 11) is 2.01. The molecule has 1 aromatic carbocycles. The van der Waals surface area contributed by atoms with Crippen molar-refractivity contribution in [2.24, 2.45) is 0 Å². The molecule has 1 aromatic heterocycles. The molecule has 0 saturated heterocycles. The van der Waals surface area contributed by atoms with E-state index in [4.69, 9.17) is 0 Å². The highest BCUT2D eigenvalue weighted by Crippen LogP contribution is 2.22. The largest absolute Gasteiger partial charge is 0.313 e. The minimum absolute atomic E-state index is 0.395. The molecule has 3 heteroatoms. The molecule has 2 aromatic rings. The van der Waals surface area contributed by atoms with Gasteiger partial charge in [0.2, 0.25) is 0 Å². The summed E-state index contributed by atoms with van der Waals surface area (Å²) in [6.45, 7) is 0. The van der Waals surface area contributed by atoms with Gasteiger partial charge in [-0.25, -0.2) is 0 Å². The molecule has 0 radical (unpaired) electrons. The summed E-state index contributed by atoms with van der Waals surface area (Å²) in [5.74, 6) is 0. The van der Waals surface area contributed by atoms with Gasteiger partial charge < -0.3 is 5.32 Å². The van der Waals surface area contributed by atoms with Crippen molar-refractivity contribution in [3.63, 3.8) is 0 Å². The first-order chi connectivity index (χ1) is 7.79. The fraction of sp³-hybridized carbons (Fsp3) is 0.231. The summed E-state index contributed by atoms with van der Waals surface area (Å²) >= 11 is 5.27. The molecule has 1 N–H and O–H groups in total. The minimum atomic E-state index is 0.395. The van der Waals surface area contributed by atoms with Crippen LogP contribution in [0.2, 0.25) is 0 Å². The minimum Gasteiger partial charge on any atom is -0.313 e. The zero-order valence-corrected chi connectivity index (χ0v) is 11.5. The molecule has 1 unspecified atom stereocenters. The van der Waals surface area contributed by atoms with E-state index in [1.165, 1.54) is 10.4 Å². The molecule has 0 saturated carbocycles. The highest BCUT2D eigenvalue weighted by molar-refractivity contribution is 9.10. The molecule has 0 aliphatic heterocycles. The Morgan fingerprint density at radius 1 is 1.25 bits per heavy atom. The Labute approximate surface area is 109 Å². The van der Waals surface area contributed by atoms with Crippen LogP contribution in [0.4, 0.5) is 0 Å². The first-order valence-electron chi connectivity index (χ1n) is 5.24. The van der Waals surface area contributed by atoms with E-state index in [-0.39, 0.29) is 0 Å². The molecular formula is C13H14BrNS. The van der Waals surface area contributed by atoms with E-state index < -0.39 is 0 Å². The molecule has 0 bridgehead atoms. The monoisotopic (exact) mass is 295 g/mol. The highest BCUT2D eigenvalue weighted by atomic mass is 79.9. The van der Waals surface area contributed by atoms with Gasteiger partial charge in [0.05, 0.1) is 0 Å². The molecule has 1 heterocycles. The van der Waals surface area contributed by atoms with Crippen LogP contribution in [0.1, 0.15) is 16.5 Å². The number of hydrogen-bond acceptors (Lipinski definition) is 2. The SMILES string of the molecule is CNC(Cc1cccs1)c1ccc(Br)cc1. The van der Waals surface area contributed by atoms with Crippen LogP contribution in [-0.4, -0.2) is 7.05 Å². The smallest absolute Gasteiger partial charge is 0.0366 e. The lowest BCUT2D eigenvalue weighted by Gasteiger charge is -2.15. The topological polar surface area (TPSA) is 12.0 Å². The lowest BCUT2D eigenvalue weighted by molar-refractivity contribution is 0.596. The van der Waals surface area contributed by atoms with Gasteiger partial charge in [-0.2, -0.15) is 0 Å². The highest BCUT2D eigenvalue weighted by Gasteiger charge is 2.10. The van der Waals surface area contributed by atoms with Crippen molar-refractivity contribution in [3.8, 4) is 0 Å². The standard InChI is InChI=1S/C13H14BrNS/c1-15-13(9-12-3-2-8-16-12)10-4-6-11(14)7-5-10/h2-8,13,15H,9H2,1H3. The molecular weight excluding hydrogens is 282 g/mol. The molecule has 84 valence electrons. The number of nitrogens with one attached hydrogen (secondary N) is 1. The second kappa shape index (κ2) is 5.62.